The van der Waals surface area contributed by atoms with Gasteiger partial charge < -0.3 is 10.2 Å². The molecule has 1 unspecified atom stereocenters. The number of hydrogen-bond donors (Lipinski definition) is 1. The van der Waals surface area contributed by atoms with E-state index in [4.69, 9.17) is 0 Å². The van der Waals surface area contributed by atoms with E-state index in [1.807, 2.05) is 0 Å². The molecule has 2 rings (SSSR count). The molecule has 0 aromatic carbocycles. The van der Waals surface area contributed by atoms with Crippen molar-refractivity contribution in [3.8, 4) is 0 Å². The van der Waals surface area contributed by atoms with Gasteiger partial charge in [0, 0.05) is 19.1 Å². The standard InChI is InChI=1S/C15H28N2O/c1-12(2)16-14-8-5-10-17(15(14)18)11-9-13-6-3-4-7-13/h12-14,16H,3-11H2,1-2H3. The van der Waals surface area contributed by atoms with E-state index in [0.717, 1.165) is 31.8 Å². The van der Waals surface area contributed by atoms with Crippen molar-refractivity contribution in [2.75, 3.05) is 13.1 Å². The molecule has 1 aliphatic heterocycles. The van der Waals surface area contributed by atoms with Gasteiger partial charge in [-0.25, -0.2) is 0 Å². The number of nitrogens with one attached hydrogen (secondary N) is 1. The summed E-state index contributed by atoms with van der Waals surface area (Å²) in [5.74, 6) is 1.23. The molecule has 0 radical (unpaired) electrons. The van der Waals surface area contributed by atoms with E-state index in [1.54, 1.807) is 0 Å². The zero-order valence-corrected chi connectivity index (χ0v) is 12.0. The second kappa shape index (κ2) is 6.55. The highest BCUT2D eigenvalue weighted by Gasteiger charge is 2.29. The molecule has 1 amide bonds. The Kier molecular flexibility index (Phi) is 5.04. The smallest absolute Gasteiger partial charge is 0.239 e. The van der Waals surface area contributed by atoms with Crippen molar-refractivity contribution < 1.29 is 4.79 Å². The van der Waals surface area contributed by atoms with Crippen LogP contribution >= 0.6 is 0 Å². The summed E-state index contributed by atoms with van der Waals surface area (Å²) in [7, 11) is 0. The number of hydrogen-bond acceptors (Lipinski definition) is 2. The Morgan fingerprint density at radius 3 is 2.61 bits per heavy atom. The van der Waals surface area contributed by atoms with Gasteiger partial charge in [-0.05, 0) is 25.2 Å². The summed E-state index contributed by atoms with van der Waals surface area (Å²) in [4.78, 5) is 14.4. The van der Waals surface area contributed by atoms with Crippen molar-refractivity contribution in [3.05, 3.63) is 0 Å². The van der Waals surface area contributed by atoms with Gasteiger partial charge in [0.05, 0.1) is 6.04 Å². The highest BCUT2D eigenvalue weighted by Crippen LogP contribution is 2.28. The minimum Gasteiger partial charge on any atom is -0.341 e. The fourth-order valence-electron chi connectivity index (χ4n) is 3.36. The predicted molar refractivity (Wildman–Crippen MR) is 74.4 cm³/mol. The number of carbonyl (C=O) groups is 1. The van der Waals surface area contributed by atoms with Gasteiger partial charge in [0.15, 0.2) is 0 Å². The van der Waals surface area contributed by atoms with E-state index in [1.165, 1.54) is 32.1 Å². The van der Waals surface area contributed by atoms with Gasteiger partial charge in [-0.15, -0.1) is 0 Å². The fourth-order valence-corrected chi connectivity index (χ4v) is 3.36. The number of likely N-dealkylation sites (tertiary alicyclic amines) is 1. The predicted octanol–water partition coefficient (Wildman–Crippen LogP) is 2.56. The van der Waals surface area contributed by atoms with Crippen LogP contribution in [0.2, 0.25) is 0 Å². The summed E-state index contributed by atoms with van der Waals surface area (Å²) in [5.41, 5.74) is 0. The third kappa shape index (κ3) is 3.71. The Morgan fingerprint density at radius 1 is 1.22 bits per heavy atom. The second-order valence-corrected chi connectivity index (χ2v) is 6.28. The molecular weight excluding hydrogens is 224 g/mol. The summed E-state index contributed by atoms with van der Waals surface area (Å²) in [6.45, 7) is 6.19. The van der Waals surface area contributed by atoms with Gasteiger partial charge >= 0.3 is 0 Å². The fraction of sp³-hybridized carbons (Fsp3) is 0.933. The highest BCUT2D eigenvalue weighted by molar-refractivity contribution is 5.82. The van der Waals surface area contributed by atoms with Gasteiger partial charge in [-0.1, -0.05) is 39.5 Å². The summed E-state index contributed by atoms with van der Waals surface area (Å²) in [6.07, 6.45) is 8.95. The van der Waals surface area contributed by atoms with E-state index in [2.05, 4.69) is 24.1 Å². The van der Waals surface area contributed by atoms with E-state index < -0.39 is 0 Å². The zero-order chi connectivity index (χ0) is 13.0. The summed E-state index contributed by atoms with van der Waals surface area (Å²) < 4.78 is 0. The molecule has 2 aliphatic rings. The maximum absolute atomic E-state index is 12.3. The number of amides is 1. The normalized spacial score (nSPS) is 26.3. The summed E-state index contributed by atoms with van der Waals surface area (Å²) >= 11 is 0. The molecule has 1 N–H and O–H groups in total. The van der Waals surface area contributed by atoms with Crippen molar-refractivity contribution in [1.29, 1.82) is 0 Å². The third-order valence-electron chi connectivity index (χ3n) is 4.35. The molecule has 1 saturated carbocycles. The number of carbonyl (C=O) groups excluding carboxylic acids is 1. The van der Waals surface area contributed by atoms with E-state index in [9.17, 15) is 4.79 Å². The lowest BCUT2D eigenvalue weighted by Crippen LogP contribution is -2.52. The maximum atomic E-state index is 12.3. The van der Waals surface area contributed by atoms with E-state index >= 15 is 0 Å². The first kappa shape index (κ1) is 13.9. The van der Waals surface area contributed by atoms with Crippen LogP contribution in [0.1, 0.15) is 58.8 Å². The largest absolute Gasteiger partial charge is 0.341 e. The lowest BCUT2D eigenvalue weighted by molar-refractivity contribution is -0.136. The Balaban J connectivity index is 1.78. The molecule has 2 fully saturated rings. The highest BCUT2D eigenvalue weighted by atomic mass is 16.2. The van der Waals surface area contributed by atoms with Crippen LogP contribution in [0.15, 0.2) is 0 Å². The van der Waals surface area contributed by atoms with E-state index in [-0.39, 0.29) is 6.04 Å². The molecule has 1 aliphatic carbocycles. The molecular formula is C15H28N2O. The quantitative estimate of drug-likeness (QED) is 0.815. The van der Waals surface area contributed by atoms with Crippen LogP contribution in [0.3, 0.4) is 0 Å². The number of rotatable bonds is 5. The average Bonchev–Trinajstić information content (AvgIpc) is 2.83. The van der Waals surface area contributed by atoms with Gasteiger partial charge in [0.2, 0.25) is 5.91 Å². The molecule has 3 heteroatoms. The van der Waals surface area contributed by atoms with Gasteiger partial charge in [-0.3, -0.25) is 4.79 Å². The molecule has 0 aromatic heterocycles. The lowest BCUT2D eigenvalue weighted by atomic mass is 10.0. The minimum atomic E-state index is 0.0716. The Bertz CT molecular complexity index is 272. The molecule has 18 heavy (non-hydrogen) atoms. The van der Waals surface area contributed by atoms with Crippen LogP contribution < -0.4 is 5.32 Å². The molecule has 1 saturated heterocycles. The minimum absolute atomic E-state index is 0.0716. The summed E-state index contributed by atoms with van der Waals surface area (Å²) in [5, 5.41) is 3.40. The second-order valence-electron chi connectivity index (χ2n) is 6.28. The maximum Gasteiger partial charge on any atom is 0.239 e. The van der Waals surface area contributed by atoms with Crippen molar-refractivity contribution in [1.82, 2.24) is 10.2 Å². The van der Waals surface area contributed by atoms with Crippen LogP contribution in [-0.4, -0.2) is 36.0 Å². The van der Waals surface area contributed by atoms with Gasteiger partial charge in [0.1, 0.15) is 0 Å². The SMILES string of the molecule is CC(C)NC1CCCN(CCC2CCCC2)C1=O. The Labute approximate surface area is 111 Å². The number of piperidine rings is 1. The Morgan fingerprint density at radius 2 is 1.94 bits per heavy atom. The van der Waals surface area contributed by atoms with E-state index in [0.29, 0.717) is 11.9 Å². The molecule has 0 spiro atoms. The van der Waals surface area contributed by atoms with Gasteiger partial charge in [-0.2, -0.15) is 0 Å². The van der Waals surface area contributed by atoms with Crippen LogP contribution in [0.25, 0.3) is 0 Å². The molecule has 0 aromatic rings. The summed E-state index contributed by atoms with van der Waals surface area (Å²) in [6, 6.07) is 0.469. The number of nitrogens with zero attached hydrogens (tertiary/aromatic N) is 1. The zero-order valence-electron chi connectivity index (χ0n) is 12.0. The molecule has 3 nitrogen and oxygen atoms in total. The third-order valence-corrected chi connectivity index (χ3v) is 4.35. The van der Waals surface area contributed by atoms with Crippen molar-refractivity contribution in [2.45, 2.75) is 70.9 Å². The molecule has 104 valence electrons. The monoisotopic (exact) mass is 252 g/mol. The van der Waals surface area contributed by atoms with Crippen LogP contribution in [-0.2, 0) is 4.79 Å². The lowest BCUT2D eigenvalue weighted by Gasteiger charge is -2.34. The topological polar surface area (TPSA) is 32.3 Å². The van der Waals surface area contributed by atoms with Crippen LogP contribution in [0.4, 0.5) is 0 Å². The van der Waals surface area contributed by atoms with Crippen molar-refractivity contribution in [2.24, 2.45) is 5.92 Å². The average molecular weight is 252 g/mol. The van der Waals surface area contributed by atoms with Crippen LogP contribution in [0.5, 0.6) is 0 Å². The Hall–Kier alpha value is -0.570. The van der Waals surface area contributed by atoms with Crippen LogP contribution in [0, 0.1) is 5.92 Å². The van der Waals surface area contributed by atoms with Gasteiger partial charge in [0.25, 0.3) is 0 Å². The molecule has 0 bridgehead atoms. The molecule has 1 heterocycles. The first-order valence-electron chi connectivity index (χ1n) is 7.71. The molecule has 1 atom stereocenters. The van der Waals surface area contributed by atoms with Crippen molar-refractivity contribution in [3.63, 3.8) is 0 Å². The first-order valence-corrected chi connectivity index (χ1v) is 7.71. The first-order chi connectivity index (χ1) is 8.66. The van der Waals surface area contributed by atoms with Crippen molar-refractivity contribution >= 4 is 5.91 Å².